The molecular formula is C21H26N2O3Si. The van der Waals surface area contributed by atoms with Crippen LogP contribution in [-0.2, 0) is 11.0 Å². The molecule has 142 valence electrons. The molecule has 0 saturated heterocycles. The third-order valence-electron chi connectivity index (χ3n) is 5.49. The number of non-ortho nitro benzene ring substituents is 1. The maximum absolute atomic E-state index is 11.0. The smallest absolute Gasteiger partial charge is 0.269 e. The van der Waals surface area contributed by atoms with Gasteiger partial charge in [0.1, 0.15) is 0 Å². The zero-order valence-electron chi connectivity index (χ0n) is 16.5. The lowest BCUT2D eigenvalue weighted by molar-refractivity contribution is -0.384. The van der Waals surface area contributed by atoms with Crippen LogP contribution >= 0.6 is 0 Å². The van der Waals surface area contributed by atoms with Crippen LogP contribution in [-0.4, -0.2) is 17.8 Å². The fourth-order valence-corrected chi connectivity index (χ4v) is 3.76. The van der Waals surface area contributed by atoms with Gasteiger partial charge in [0.2, 0.25) is 0 Å². The molecule has 0 amide bonds. The van der Waals surface area contributed by atoms with Gasteiger partial charge in [-0.3, -0.25) is 10.1 Å². The number of nitro groups is 1. The topological polar surface area (TPSA) is 57.3 Å². The van der Waals surface area contributed by atoms with Gasteiger partial charge in [-0.05, 0) is 42.4 Å². The Morgan fingerprint density at radius 3 is 2.30 bits per heavy atom. The number of hydrogen-bond acceptors (Lipinski definition) is 3. The zero-order chi connectivity index (χ0) is 19.8. The van der Waals surface area contributed by atoms with E-state index in [9.17, 15) is 10.1 Å². The molecule has 0 N–H and O–H groups in total. The monoisotopic (exact) mass is 382 g/mol. The number of nitro benzene ring substituents is 1. The molecule has 3 rings (SSSR count). The molecule has 0 spiro atoms. The number of rotatable bonds is 5. The predicted molar refractivity (Wildman–Crippen MR) is 112 cm³/mol. The van der Waals surface area contributed by atoms with Crippen LogP contribution in [0.25, 0.3) is 16.6 Å². The zero-order valence-corrected chi connectivity index (χ0v) is 17.5. The van der Waals surface area contributed by atoms with E-state index >= 15 is 0 Å². The van der Waals surface area contributed by atoms with Crippen LogP contribution in [0.1, 0.15) is 26.5 Å². The van der Waals surface area contributed by atoms with Gasteiger partial charge in [0.25, 0.3) is 5.69 Å². The Labute approximate surface area is 160 Å². The number of fused-ring (bicyclic) bond motifs is 1. The summed E-state index contributed by atoms with van der Waals surface area (Å²) < 4.78 is 8.57. The van der Waals surface area contributed by atoms with Gasteiger partial charge in [0, 0.05) is 28.9 Å². The average Bonchev–Trinajstić information content (AvgIpc) is 2.97. The highest BCUT2D eigenvalue weighted by Crippen LogP contribution is 2.37. The molecule has 0 saturated carbocycles. The molecule has 0 atom stereocenters. The van der Waals surface area contributed by atoms with Crippen LogP contribution in [0, 0.1) is 10.1 Å². The molecule has 27 heavy (non-hydrogen) atoms. The molecule has 5 nitrogen and oxygen atoms in total. The van der Waals surface area contributed by atoms with Gasteiger partial charge in [-0.25, -0.2) is 0 Å². The van der Waals surface area contributed by atoms with Gasteiger partial charge < -0.3 is 8.99 Å². The van der Waals surface area contributed by atoms with Crippen LogP contribution in [0.4, 0.5) is 5.69 Å². The van der Waals surface area contributed by atoms with Crippen molar-refractivity contribution in [3.63, 3.8) is 0 Å². The number of para-hydroxylation sites is 1. The first-order chi connectivity index (χ1) is 12.6. The molecule has 6 heteroatoms. The summed E-state index contributed by atoms with van der Waals surface area (Å²) >= 11 is 0. The molecule has 0 fully saturated rings. The largest absolute Gasteiger partial charge is 0.411 e. The van der Waals surface area contributed by atoms with Crippen molar-refractivity contribution in [2.75, 3.05) is 0 Å². The summed E-state index contributed by atoms with van der Waals surface area (Å²) in [5.74, 6) is 0. The van der Waals surface area contributed by atoms with Gasteiger partial charge in [-0.1, -0.05) is 39.0 Å². The van der Waals surface area contributed by atoms with Gasteiger partial charge in [0.05, 0.1) is 17.0 Å². The molecule has 0 radical (unpaired) electrons. The van der Waals surface area contributed by atoms with Crippen molar-refractivity contribution in [2.24, 2.45) is 0 Å². The Balaban J connectivity index is 2.03. The number of benzene rings is 2. The van der Waals surface area contributed by atoms with Crippen molar-refractivity contribution in [1.82, 2.24) is 4.57 Å². The average molecular weight is 383 g/mol. The van der Waals surface area contributed by atoms with Crippen LogP contribution in [0.15, 0.2) is 54.6 Å². The fourth-order valence-electron chi connectivity index (χ4n) is 2.82. The van der Waals surface area contributed by atoms with E-state index in [0.29, 0.717) is 6.61 Å². The van der Waals surface area contributed by atoms with E-state index in [1.54, 1.807) is 24.3 Å². The third kappa shape index (κ3) is 3.82. The first kappa shape index (κ1) is 19.3. The Hall–Kier alpha value is -2.44. The van der Waals surface area contributed by atoms with Gasteiger partial charge in [0.15, 0.2) is 8.32 Å². The first-order valence-electron chi connectivity index (χ1n) is 9.08. The lowest BCUT2D eigenvalue weighted by Crippen LogP contribution is -2.40. The maximum atomic E-state index is 11.0. The second-order valence-corrected chi connectivity index (χ2v) is 13.2. The number of hydrogen-bond donors (Lipinski definition) is 0. The van der Waals surface area contributed by atoms with E-state index in [2.05, 4.69) is 56.6 Å². The van der Waals surface area contributed by atoms with E-state index in [4.69, 9.17) is 4.43 Å². The summed E-state index contributed by atoms with van der Waals surface area (Å²) in [7, 11) is -1.89. The fraction of sp³-hybridized carbons (Fsp3) is 0.333. The second kappa shape index (κ2) is 6.94. The molecule has 2 aromatic carbocycles. The van der Waals surface area contributed by atoms with Crippen LogP contribution in [0.5, 0.6) is 0 Å². The van der Waals surface area contributed by atoms with E-state index in [1.807, 2.05) is 12.1 Å². The van der Waals surface area contributed by atoms with Crippen molar-refractivity contribution < 1.29 is 9.35 Å². The second-order valence-electron chi connectivity index (χ2n) is 8.35. The summed E-state index contributed by atoms with van der Waals surface area (Å²) in [6.07, 6.45) is 0. The molecule has 3 aromatic rings. The molecule has 0 bridgehead atoms. The first-order valence-corrected chi connectivity index (χ1v) is 12.0. The van der Waals surface area contributed by atoms with Gasteiger partial charge in [-0.15, -0.1) is 0 Å². The normalized spacial score (nSPS) is 12.5. The SMILES string of the molecule is CC(C)(C)[Si](C)(C)OCc1cc2ccccc2n1-c1ccc([N+](=O)[O-])cc1. The van der Waals surface area contributed by atoms with Crippen molar-refractivity contribution in [3.05, 3.63) is 70.4 Å². The van der Waals surface area contributed by atoms with Crippen LogP contribution in [0.2, 0.25) is 18.1 Å². The van der Waals surface area contributed by atoms with E-state index in [-0.39, 0.29) is 15.6 Å². The lowest BCUT2D eigenvalue weighted by atomic mass is 10.2. The quantitative estimate of drug-likeness (QED) is 0.306. The molecule has 0 aliphatic rings. The van der Waals surface area contributed by atoms with E-state index in [1.165, 1.54) is 0 Å². The Bertz CT molecular complexity index is 969. The minimum absolute atomic E-state index is 0.0919. The minimum atomic E-state index is -1.89. The lowest BCUT2D eigenvalue weighted by Gasteiger charge is -2.36. The highest BCUT2D eigenvalue weighted by Gasteiger charge is 2.37. The standard InChI is InChI=1S/C21H26N2O3Si/c1-21(2,3)27(4,5)26-15-19-14-16-8-6-7-9-20(16)22(19)17-10-12-18(13-11-17)23(24)25/h6-14H,15H2,1-5H3. The van der Waals surface area contributed by atoms with Gasteiger partial charge >= 0.3 is 0 Å². The number of aromatic nitrogens is 1. The number of nitrogens with zero attached hydrogens (tertiary/aromatic N) is 2. The van der Waals surface area contributed by atoms with Crippen molar-refractivity contribution in [2.45, 2.75) is 45.5 Å². The summed E-state index contributed by atoms with van der Waals surface area (Å²) in [6, 6.07) is 17.0. The van der Waals surface area contributed by atoms with Crippen molar-refractivity contribution in [3.8, 4) is 5.69 Å². The highest BCUT2D eigenvalue weighted by molar-refractivity contribution is 6.74. The van der Waals surface area contributed by atoms with E-state index in [0.717, 1.165) is 22.3 Å². The Morgan fingerprint density at radius 2 is 1.70 bits per heavy atom. The molecular weight excluding hydrogens is 356 g/mol. The summed E-state index contributed by atoms with van der Waals surface area (Å²) in [5.41, 5.74) is 3.11. The highest BCUT2D eigenvalue weighted by atomic mass is 28.4. The molecule has 0 aliphatic heterocycles. The van der Waals surface area contributed by atoms with E-state index < -0.39 is 8.32 Å². The van der Waals surface area contributed by atoms with Crippen LogP contribution < -0.4 is 0 Å². The predicted octanol–water partition coefficient (Wildman–Crippen LogP) is 6.06. The molecule has 0 unspecified atom stereocenters. The van der Waals surface area contributed by atoms with Crippen LogP contribution in [0.3, 0.4) is 0 Å². The van der Waals surface area contributed by atoms with Crippen molar-refractivity contribution in [1.29, 1.82) is 0 Å². The summed E-state index contributed by atoms with van der Waals surface area (Å²) in [5, 5.41) is 12.2. The summed E-state index contributed by atoms with van der Waals surface area (Å²) in [4.78, 5) is 10.6. The maximum Gasteiger partial charge on any atom is 0.269 e. The molecule has 0 aliphatic carbocycles. The summed E-state index contributed by atoms with van der Waals surface area (Å²) in [6.45, 7) is 11.7. The van der Waals surface area contributed by atoms with Gasteiger partial charge in [-0.2, -0.15) is 0 Å². The molecule has 1 aromatic heterocycles. The Morgan fingerprint density at radius 1 is 1.07 bits per heavy atom. The minimum Gasteiger partial charge on any atom is -0.411 e. The Kier molecular flexibility index (Phi) is 4.97. The molecule has 1 heterocycles. The van der Waals surface area contributed by atoms with Crippen molar-refractivity contribution >= 4 is 24.9 Å². The third-order valence-corrected chi connectivity index (χ3v) is 9.97.